The summed E-state index contributed by atoms with van der Waals surface area (Å²) in [5.74, 6) is 0. The number of rotatable bonds is 3. The number of ether oxygens (including phenoxy) is 1. The van der Waals surface area contributed by atoms with Gasteiger partial charge in [-0.25, -0.2) is 0 Å². The number of hydrogen-bond acceptors (Lipinski definition) is 4. The number of morpholine rings is 1. The minimum atomic E-state index is -0.924. The van der Waals surface area contributed by atoms with Crippen molar-refractivity contribution in [1.29, 1.82) is 0 Å². The molecule has 0 radical (unpaired) electrons. The normalized spacial score (nSPS) is 22.6. The third kappa shape index (κ3) is 2.68. The molecule has 2 aromatic rings. The van der Waals surface area contributed by atoms with Crippen molar-refractivity contribution in [1.82, 2.24) is 10.3 Å². The van der Waals surface area contributed by atoms with Crippen LogP contribution >= 0.6 is 0 Å². The molecule has 0 amide bonds. The minimum absolute atomic E-state index is 0.178. The Labute approximate surface area is 118 Å². The maximum atomic E-state index is 10.9. The standard InChI is InChI=1S/C16H20N2O2/c1-16(19,8-13-11-20-7-6-18-13)15-10-17-9-12-4-2-3-5-14(12)15/h2-5,9-10,13,18-19H,6-8,11H2,1H3. The fraction of sp³-hybridized carbons (Fsp3) is 0.438. The van der Waals surface area contributed by atoms with E-state index in [1.165, 1.54) is 0 Å². The molecule has 0 saturated carbocycles. The first-order valence-corrected chi connectivity index (χ1v) is 7.03. The second-order valence-electron chi connectivity index (χ2n) is 5.61. The van der Waals surface area contributed by atoms with Crippen LogP contribution in [0.1, 0.15) is 18.9 Å². The number of hydrogen-bond donors (Lipinski definition) is 2. The molecule has 1 aromatic carbocycles. The van der Waals surface area contributed by atoms with Crippen LogP contribution in [-0.4, -0.2) is 35.9 Å². The highest BCUT2D eigenvalue weighted by Crippen LogP contribution is 2.31. The largest absolute Gasteiger partial charge is 0.385 e. The number of pyridine rings is 1. The SMILES string of the molecule is CC(O)(CC1COCCN1)c1cncc2ccccc12. The quantitative estimate of drug-likeness (QED) is 0.895. The summed E-state index contributed by atoms with van der Waals surface area (Å²) in [5.41, 5.74) is -0.0466. The number of benzene rings is 1. The van der Waals surface area contributed by atoms with E-state index in [4.69, 9.17) is 4.74 Å². The molecule has 3 rings (SSSR count). The maximum Gasteiger partial charge on any atom is 0.0905 e. The molecule has 2 heterocycles. The predicted octanol–water partition coefficient (Wildman–Crippen LogP) is 1.82. The lowest BCUT2D eigenvalue weighted by atomic mass is 9.87. The molecule has 106 valence electrons. The lowest BCUT2D eigenvalue weighted by Gasteiger charge is -2.32. The molecule has 1 fully saturated rings. The van der Waals surface area contributed by atoms with Crippen molar-refractivity contribution in [2.45, 2.75) is 25.0 Å². The van der Waals surface area contributed by atoms with Crippen molar-refractivity contribution >= 4 is 10.8 Å². The van der Waals surface area contributed by atoms with Crippen molar-refractivity contribution < 1.29 is 9.84 Å². The van der Waals surface area contributed by atoms with Gasteiger partial charge in [0.15, 0.2) is 0 Å². The molecule has 2 unspecified atom stereocenters. The maximum absolute atomic E-state index is 10.9. The number of nitrogens with one attached hydrogen (secondary N) is 1. The first kappa shape index (κ1) is 13.5. The van der Waals surface area contributed by atoms with Crippen LogP contribution in [0.4, 0.5) is 0 Å². The summed E-state index contributed by atoms with van der Waals surface area (Å²) in [6.45, 7) is 4.09. The van der Waals surface area contributed by atoms with E-state index >= 15 is 0 Å². The molecule has 1 aromatic heterocycles. The molecule has 0 spiro atoms. The molecule has 0 aliphatic carbocycles. The fourth-order valence-electron chi connectivity index (χ4n) is 2.89. The Morgan fingerprint density at radius 3 is 3.05 bits per heavy atom. The molecule has 4 heteroatoms. The van der Waals surface area contributed by atoms with E-state index in [2.05, 4.69) is 10.3 Å². The third-order valence-electron chi connectivity index (χ3n) is 3.89. The Hall–Kier alpha value is -1.49. The second kappa shape index (κ2) is 5.48. The van der Waals surface area contributed by atoms with Crippen LogP contribution in [-0.2, 0) is 10.3 Å². The van der Waals surface area contributed by atoms with Gasteiger partial charge in [-0.1, -0.05) is 24.3 Å². The zero-order chi connectivity index (χ0) is 14.0. The molecular weight excluding hydrogens is 252 g/mol. The summed E-state index contributed by atoms with van der Waals surface area (Å²) in [4.78, 5) is 4.26. The van der Waals surface area contributed by atoms with Gasteiger partial charge in [-0.15, -0.1) is 0 Å². The van der Waals surface area contributed by atoms with Gasteiger partial charge in [0.1, 0.15) is 0 Å². The summed E-state index contributed by atoms with van der Waals surface area (Å²) < 4.78 is 5.46. The molecule has 2 N–H and O–H groups in total. The van der Waals surface area contributed by atoms with Crippen LogP contribution in [0.25, 0.3) is 10.8 Å². The molecule has 4 nitrogen and oxygen atoms in total. The summed E-state index contributed by atoms with van der Waals surface area (Å²) in [5, 5.41) is 16.4. The lowest BCUT2D eigenvalue weighted by Crippen LogP contribution is -2.45. The van der Waals surface area contributed by atoms with Crippen LogP contribution < -0.4 is 5.32 Å². The van der Waals surface area contributed by atoms with Crippen LogP contribution in [0.3, 0.4) is 0 Å². The van der Waals surface area contributed by atoms with Crippen LogP contribution in [0.2, 0.25) is 0 Å². The third-order valence-corrected chi connectivity index (χ3v) is 3.89. The van der Waals surface area contributed by atoms with Gasteiger partial charge in [0.2, 0.25) is 0 Å². The van der Waals surface area contributed by atoms with Crippen molar-refractivity contribution in [3.05, 3.63) is 42.2 Å². The second-order valence-corrected chi connectivity index (χ2v) is 5.61. The Balaban J connectivity index is 1.91. The van der Waals surface area contributed by atoms with E-state index in [0.717, 1.165) is 29.5 Å². The number of aromatic nitrogens is 1. The zero-order valence-electron chi connectivity index (χ0n) is 11.7. The van der Waals surface area contributed by atoms with E-state index in [1.807, 2.05) is 37.4 Å². The Morgan fingerprint density at radius 1 is 1.40 bits per heavy atom. The van der Waals surface area contributed by atoms with E-state index in [-0.39, 0.29) is 6.04 Å². The van der Waals surface area contributed by atoms with Crippen LogP contribution in [0, 0.1) is 0 Å². The van der Waals surface area contributed by atoms with Crippen molar-refractivity contribution in [3.63, 3.8) is 0 Å². The van der Waals surface area contributed by atoms with Crippen LogP contribution in [0.15, 0.2) is 36.7 Å². The van der Waals surface area contributed by atoms with Gasteiger partial charge in [-0.05, 0) is 18.7 Å². The Kier molecular flexibility index (Phi) is 3.70. The summed E-state index contributed by atoms with van der Waals surface area (Å²) in [6.07, 6.45) is 4.21. The fourth-order valence-corrected chi connectivity index (χ4v) is 2.89. The van der Waals surface area contributed by atoms with Gasteiger partial charge in [-0.2, -0.15) is 0 Å². The highest BCUT2D eigenvalue weighted by Gasteiger charge is 2.30. The van der Waals surface area contributed by atoms with Crippen molar-refractivity contribution in [2.24, 2.45) is 0 Å². The van der Waals surface area contributed by atoms with E-state index in [9.17, 15) is 5.11 Å². The van der Waals surface area contributed by atoms with Gasteiger partial charge in [0, 0.05) is 35.9 Å². The van der Waals surface area contributed by atoms with E-state index < -0.39 is 5.60 Å². The Bertz CT molecular complexity index is 587. The first-order valence-electron chi connectivity index (χ1n) is 7.03. The van der Waals surface area contributed by atoms with Gasteiger partial charge in [0.25, 0.3) is 0 Å². The Morgan fingerprint density at radius 2 is 2.25 bits per heavy atom. The molecule has 0 bridgehead atoms. The summed E-state index contributed by atoms with van der Waals surface area (Å²) in [6, 6.07) is 8.20. The summed E-state index contributed by atoms with van der Waals surface area (Å²) >= 11 is 0. The van der Waals surface area contributed by atoms with Gasteiger partial charge < -0.3 is 15.2 Å². The van der Waals surface area contributed by atoms with Gasteiger partial charge in [0.05, 0.1) is 18.8 Å². The number of aliphatic hydroxyl groups is 1. The highest BCUT2D eigenvalue weighted by atomic mass is 16.5. The lowest BCUT2D eigenvalue weighted by molar-refractivity contribution is 0.00396. The predicted molar refractivity (Wildman–Crippen MR) is 78.5 cm³/mol. The number of fused-ring (bicyclic) bond motifs is 1. The highest BCUT2D eigenvalue weighted by molar-refractivity contribution is 5.85. The van der Waals surface area contributed by atoms with Gasteiger partial charge >= 0.3 is 0 Å². The smallest absolute Gasteiger partial charge is 0.0905 e. The average Bonchev–Trinajstić information content (AvgIpc) is 2.47. The van der Waals surface area contributed by atoms with E-state index in [0.29, 0.717) is 13.0 Å². The summed E-state index contributed by atoms with van der Waals surface area (Å²) in [7, 11) is 0. The molecule has 2 atom stereocenters. The molecule has 1 saturated heterocycles. The molecule has 20 heavy (non-hydrogen) atoms. The van der Waals surface area contributed by atoms with E-state index in [1.54, 1.807) is 6.20 Å². The van der Waals surface area contributed by atoms with Crippen molar-refractivity contribution in [2.75, 3.05) is 19.8 Å². The monoisotopic (exact) mass is 272 g/mol. The average molecular weight is 272 g/mol. The number of nitrogens with zero attached hydrogens (tertiary/aromatic N) is 1. The first-order chi connectivity index (χ1) is 9.67. The molecule has 1 aliphatic heterocycles. The molecular formula is C16H20N2O2. The van der Waals surface area contributed by atoms with Crippen molar-refractivity contribution in [3.8, 4) is 0 Å². The zero-order valence-corrected chi connectivity index (χ0v) is 11.7. The topological polar surface area (TPSA) is 54.4 Å². The minimum Gasteiger partial charge on any atom is -0.385 e. The molecule has 1 aliphatic rings. The van der Waals surface area contributed by atoms with Gasteiger partial charge in [-0.3, -0.25) is 4.98 Å². The van der Waals surface area contributed by atoms with Crippen LogP contribution in [0.5, 0.6) is 0 Å².